The van der Waals surface area contributed by atoms with Crippen LogP contribution in [0.25, 0.3) is 5.69 Å². The SMILES string of the molecule is CCCCOc1ccc(C(=O)Nc2c(C)n(C)n(-c3ccccc3)c2=O)cc1. The van der Waals surface area contributed by atoms with Gasteiger partial charge in [-0.2, -0.15) is 0 Å². The Morgan fingerprint density at radius 2 is 1.75 bits per heavy atom. The lowest BCUT2D eigenvalue weighted by atomic mass is 10.2. The first kappa shape index (κ1) is 19.5. The van der Waals surface area contributed by atoms with Gasteiger partial charge in [0.15, 0.2) is 0 Å². The molecule has 3 aromatic rings. The van der Waals surface area contributed by atoms with E-state index in [1.54, 1.807) is 42.9 Å². The predicted molar refractivity (Wildman–Crippen MR) is 111 cm³/mol. The number of anilines is 1. The van der Waals surface area contributed by atoms with Crippen LogP contribution in [0.15, 0.2) is 59.4 Å². The molecule has 0 fully saturated rings. The van der Waals surface area contributed by atoms with Gasteiger partial charge in [0.2, 0.25) is 0 Å². The summed E-state index contributed by atoms with van der Waals surface area (Å²) in [5, 5.41) is 2.76. The van der Waals surface area contributed by atoms with Gasteiger partial charge in [0, 0.05) is 12.6 Å². The first-order valence-corrected chi connectivity index (χ1v) is 9.41. The molecule has 2 aromatic carbocycles. The first-order chi connectivity index (χ1) is 13.5. The van der Waals surface area contributed by atoms with Crippen LogP contribution in [-0.2, 0) is 7.05 Å². The van der Waals surface area contributed by atoms with Crippen LogP contribution in [0.5, 0.6) is 5.75 Å². The molecule has 28 heavy (non-hydrogen) atoms. The van der Waals surface area contributed by atoms with Gasteiger partial charge in [-0.05, 0) is 49.7 Å². The second kappa shape index (κ2) is 8.61. The zero-order valence-electron chi connectivity index (χ0n) is 16.4. The van der Waals surface area contributed by atoms with Crippen molar-refractivity contribution in [1.82, 2.24) is 9.36 Å². The maximum Gasteiger partial charge on any atom is 0.295 e. The standard InChI is InChI=1S/C22H25N3O3/c1-4-5-15-28-19-13-11-17(12-14-19)21(26)23-20-16(2)24(3)25(22(20)27)18-9-7-6-8-10-18/h6-14H,4-5,15H2,1-3H3,(H,23,26). The number of nitrogens with zero attached hydrogens (tertiary/aromatic N) is 2. The Labute approximate surface area is 164 Å². The zero-order valence-corrected chi connectivity index (χ0v) is 16.4. The van der Waals surface area contributed by atoms with E-state index >= 15 is 0 Å². The molecule has 1 heterocycles. The zero-order chi connectivity index (χ0) is 20.1. The molecule has 0 unspecified atom stereocenters. The summed E-state index contributed by atoms with van der Waals surface area (Å²) in [6.45, 7) is 4.57. The largest absolute Gasteiger partial charge is 0.494 e. The molecule has 0 spiro atoms. The van der Waals surface area contributed by atoms with Gasteiger partial charge in [0.25, 0.3) is 11.5 Å². The minimum Gasteiger partial charge on any atom is -0.494 e. The molecule has 0 saturated heterocycles. The molecule has 1 N–H and O–H groups in total. The Morgan fingerprint density at radius 3 is 2.39 bits per heavy atom. The number of amides is 1. The van der Waals surface area contributed by atoms with E-state index in [-0.39, 0.29) is 17.2 Å². The lowest BCUT2D eigenvalue weighted by Gasteiger charge is -2.07. The fraction of sp³-hybridized carbons (Fsp3) is 0.273. The summed E-state index contributed by atoms with van der Waals surface area (Å²) >= 11 is 0. The highest BCUT2D eigenvalue weighted by Crippen LogP contribution is 2.17. The highest BCUT2D eigenvalue weighted by molar-refractivity contribution is 6.04. The smallest absolute Gasteiger partial charge is 0.295 e. The number of hydrogen-bond acceptors (Lipinski definition) is 3. The molecule has 0 aliphatic carbocycles. The third-order valence-electron chi connectivity index (χ3n) is 4.68. The number of benzene rings is 2. The molecule has 0 saturated carbocycles. The lowest BCUT2D eigenvalue weighted by Crippen LogP contribution is -2.22. The van der Waals surface area contributed by atoms with Crippen molar-refractivity contribution in [3.8, 4) is 11.4 Å². The van der Waals surface area contributed by atoms with Crippen molar-refractivity contribution < 1.29 is 9.53 Å². The fourth-order valence-corrected chi connectivity index (χ4v) is 2.93. The van der Waals surface area contributed by atoms with Crippen molar-refractivity contribution in [2.75, 3.05) is 11.9 Å². The maximum absolute atomic E-state index is 12.9. The summed E-state index contributed by atoms with van der Waals surface area (Å²) in [5.41, 5.74) is 1.91. The summed E-state index contributed by atoms with van der Waals surface area (Å²) in [5.74, 6) is 0.401. The summed E-state index contributed by atoms with van der Waals surface area (Å²) in [7, 11) is 1.79. The molecule has 1 amide bonds. The number of unbranched alkanes of at least 4 members (excludes halogenated alkanes) is 1. The molecule has 6 nitrogen and oxygen atoms in total. The number of carbonyl (C=O) groups excluding carboxylic acids is 1. The molecule has 0 aliphatic rings. The van der Waals surface area contributed by atoms with Crippen molar-refractivity contribution in [2.45, 2.75) is 26.7 Å². The minimum absolute atomic E-state index is 0.265. The molecule has 0 aliphatic heterocycles. The number of ether oxygens (including phenoxy) is 1. The van der Waals surface area contributed by atoms with Crippen LogP contribution in [-0.4, -0.2) is 21.9 Å². The monoisotopic (exact) mass is 379 g/mol. The van der Waals surface area contributed by atoms with Gasteiger partial charge in [-0.1, -0.05) is 31.5 Å². The average Bonchev–Trinajstić information content (AvgIpc) is 2.92. The Hall–Kier alpha value is -3.28. The van der Waals surface area contributed by atoms with E-state index in [1.807, 2.05) is 30.3 Å². The highest BCUT2D eigenvalue weighted by Gasteiger charge is 2.18. The Kier molecular flexibility index (Phi) is 5.99. The molecule has 6 heteroatoms. The van der Waals surface area contributed by atoms with E-state index in [4.69, 9.17) is 4.74 Å². The van der Waals surface area contributed by atoms with Gasteiger partial charge >= 0.3 is 0 Å². The molecular formula is C22H25N3O3. The lowest BCUT2D eigenvalue weighted by molar-refractivity contribution is 0.102. The van der Waals surface area contributed by atoms with Gasteiger partial charge in [-0.25, -0.2) is 4.68 Å². The van der Waals surface area contributed by atoms with E-state index in [0.29, 0.717) is 17.9 Å². The number of rotatable bonds is 7. The van der Waals surface area contributed by atoms with E-state index in [2.05, 4.69) is 12.2 Å². The number of para-hydroxylation sites is 1. The van der Waals surface area contributed by atoms with Crippen LogP contribution in [0.2, 0.25) is 0 Å². The van der Waals surface area contributed by atoms with Gasteiger partial charge in [-0.3, -0.25) is 14.3 Å². The summed E-state index contributed by atoms with van der Waals surface area (Å²) in [6.07, 6.45) is 2.06. The molecule has 0 radical (unpaired) electrons. The second-order valence-corrected chi connectivity index (χ2v) is 6.62. The fourth-order valence-electron chi connectivity index (χ4n) is 2.93. The molecule has 0 atom stereocenters. The number of aromatic nitrogens is 2. The van der Waals surface area contributed by atoms with Crippen LogP contribution in [0.3, 0.4) is 0 Å². The molecule has 3 rings (SSSR count). The minimum atomic E-state index is -0.328. The first-order valence-electron chi connectivity index (χ1n) is 9.41. The van der Waals surface area contributed by atoms with Crippen molar-refractivity contribution in [1.29, 1.82) is 0 Å². The highest BCUT2D eigenvalue weighted by atomic mass is 16.5. The van der Waals surface area contributed by atoms with Gasteiger partial charge in [-0.15, -0.1) is 0 Å². The number of nitrogens with one attached hydrogen (secondary N) is 1. The Balaban J connectivity index is 1.80. The van der Waals surface area contributed by atoms with E-state index in [0.717, 1.165) is 24.3 Å². The number of carbonyl (C=O) groups is 1. The topological polar surface area (TPSA) is 65.3 Å². The average molecular weight is 379 g/mol. The van der Waals surface area contributed by atoms with Crippen molar-refractivity contribution in [3.05, 3.63) is 76.2 Å². The second-order valence-electron chi connectivity index (χ2n) is 6.62. The molecule has 146 valence electrons. The van der Waals surface area contributed by atoms with Crippen LogP contribution in [0.1, 0.15) is 35.8 Å². The quantitative estimate of drug-likeness (QED) is 0.633. The van der Waals surface area contributed by atoms with Crippen molar-refractivity contribution in [2.24, 2.45) is 7.05 Å². The van der Waals surface area contributed by atoms with Crippen molar-refractivity contribution in [3.63, 3.8) is 0 Å². The van der Waals surface area contributed by atoms with Gasteiger partial charge in [0.1, 0.15) is 11.4 Å². The third kappa shape index (κ3) is 4.01. The maximum atomic E-state index is 12.9. The van der Waals surface area contributed by atoms with Crippen LogP contribution < -0.4 is 15.6 Å². The van der Waals surface area contributed by atoms with Crippen LogP contribution in [0, 0.1) is 6.92 Å². The van der Waals surface area contributed by atoms with E-state index in [1.165, 1.54) is 4.68 Å². The Bertz CT molecular complexity index is 1000. The number of hydrogen-bond donors (Lipinski definition) is 1. The summed E-state index contributed by atoms with van der Waals surface area (Å²) < 4.78 is 8.89. The summed E-state index contributed by atoms with van der Waals surface area (Å²) in [4.78, 5) is 25.5. The molecule has 1 aromatic heterocycles. The van der Waals surface area contributed by atoms with Crippen molar-refractivity contribution >= 4 is 11.6 Å². The molecule has 0 bridgehead atoms. The van der Waals surface area contributed by atoms with Crippen LogP contribution >= 0.6 is 0 Å². The van der Waals surface area contributed by atoms with Gasteiger partial charge < -0.3 is 10.1 Å². The third-order valence-corrected chi connectivity index (χ3v) is 4.68. The van der Waals surface area contributed by atoms with E-state index in [9.17, 15) is 9.59 Å². The normalized spacial score (nSPS) is 10.7. The Morgan fingerprint density at radius 1 is 1.07 bits per heavy atom. The molecular weight excluding hydrogens is 354 g/mol. The van der Waals surface area contributed by atoms with Gasteiger partial charge in [0.05, 0.1) is 18.0 Å². The van der Waals surface area contributed by atoms with Crippen LogP contribution in [0.4, 0.5) is 5.69 Å². The van der Waals surface area contributed by atoms with E-state index < -0.39 is 0 Å². The summed E-state index contributed by atoms with van der Waals surface area (Å²) in [6, 6.07) is 16.3. The predicted octanol–water partition coefficient (Wildman–Crippen LogP) is 3.92.